The van der Waals surface area contributed by atoms with E-state index < -0.39 is 0 Å². The molecule has 0 fully saturated rings. The molecular weight excluding hydrogens is 212 g/mol. The lowest BCUT2D eigenvalue weighted by Gasteiger charge is -2.14. The molecule has 0 atom stereocenters. The van der Waals surface area contributed by atoms with Gasteiger partial charge >= 0.3 is 0 Å². The molecule has 0 amide bonds. The van der Waals surface area contributed by atoms with Crippen LogP contribution < -0.4 is 10.6 Å². The lowest BCUT2D eigenvalue weighted by atomic mass is 10.0. The molecule has 0 radical (unpaired) electrons. The first-order chi connectivity index (χ1) is 8.21. The van der Waals surface area contributed by atoms with Crippen molar-refractivity contribution in [3.63, 3.8) is 0 Å². The van der Waals surface area contributed by atoms with Gasteiger partial charge in [0, 0.05) is 12.0 Å². The summed E-state index contributed by atoms with van der Waals surface area (Å²) in [6, 6.07) is 7.94. The number of carbonyl (C=O) groups excluding carboxylic acids is 1. The van der Waals surface area contributed by atoms with Crippen LogP contribution in [0.4, 0.5) is 0 Å². The number of hydrogen-bond acceptors (Lipinski definition) is 3. The lowest BCUT2D eigenvalue weighted by Crippen LogP contribution is -2.37. The Balaban J connectivity index is 2.53. The van der Waals surface area contributed by atoms with Crippen molar-refractivity contribution < 1.29 is 4.79 Å². The third-order valence-corrected chi connectivity index (χ3v) is 3.02. The van der Waals surface area contributed by atoms with Gasteiger partial charge in [-0.2, -0.15) is 0 Å². The van der Waals surface area contributed by atoms with Crippen molar-refractivity contribution in [3.05, 3.63) is 35.4 Å². The number of rotatable bonds is 7. The maximum atomic E-state index is 11.5. The van der Waals surface area contributed by atoms with Gasteiger partial charge in [0.2, 0.25) is 0 Å². The monoisotopic (exact) mass is 234 g/mol. The van der Waals surface area contributed by atoms with Crippen LogP contribution in [0.2, 0.25) is 0 Å². The van der Waals surface area contributed by atoms with Crippen LogP contribution in [0, 0.1) is 0 Å². The quantitative estimate of drug-likeness (QED) is 0.560. The van der Waals surface area contributed by atoms with E-state index in [-0.39, 0.29) is 5.78 Å². The molecule has 1 rings (SSSR count). The third kappa shape index (κ3) is 4.29. The van der Waals surface area contributed by atoms with Crippen LogP contribution in [0.5, 0.6) is 0 Å². The average Bonchev–Trinajstić information content (AvgIpc) is 2.39. The predicted octanol–water partition coefficient (Wildman–Crippen LogP) is 1.98. The summed E-state index contributed by atoms with van der Waals surface area (Å²) in [5, 5.41) is 6.39. The first kappa shape index (κ1) is 13.9. The van der Waals surface area contributed by atoms with Crippen molar-refractivity contribution in [1.29, 1.82) is 0 Å². The van der Waals surface area contributed by atoms with E-state index >= 15 is 0 Å². The van der Waals surface area contributed by atoms with Gasteiger partial charge in [-0.15, -0.1) is 0 Å². The highest BCUT2D eigenvalue weighted by Crippen LogP contribution is 2.09. The smallest absolute Gasteiger partial charge is 0.162 e. The van der Waals surface area contributed by atoms with Gasteiger partial charge in [-0.25, -0.2) is 0 Å². The van der Waals surface area contributed by atoms with Crippen LogP contribution in [0.15, 0.2) is 24.3 Å². The normalized spacial score (nSPS) is 10.8. The minimum absolute atomic E-state index is 0.208. The molecule has 0 unspecified atom stereocenters. The van der Waals surface area contributed by atoms with E-state index in [1.54, 1.807) is 0 Å². The van der Waals surface area contributed by atoms with E-state index in [9.17, 15) is 4.79 Å². The summed E-state index contributed by atoms with van der Waals surface area (Å²) < 4.78 is 0. The second kappa shape index (κ2) is 7.20. The van der Waals surface area contributed by atoms with Crippen molar-refractivity contribution in [2.75, 3.05) is 14.1 Å². The molecule has 0 saturated carbocycles. The summed E-state index contributed by atoms with van der Waals surface area (Å²) >= 11 is 0. The zero-order valence-electron chi connectivity index (χ0n) is 10.9. The molecule has 1 aromatic rings. The topological polar surface area (TPSA) is 41.1 Å². The molecule has 2 N–H and O–H groups in total. The molecular formula is C14H22N2O. The Morgan fingerprint density at radius 2 is 1.76 bits per heavy atom. The molecule has 94 valence electrons. The number of Topliss-reactive ketones (excluding diaryl/α,β-unsaturated/α-hetero) is 1. The SMILES string of the molecule is CCC(=O)c1ccc(CCC(NC)NC)cc1. The Bertz CT molecular complexity index is 342. The molecule has 1 aromatic carbocycles. The summed E-state index contributed by atoms with van der Waals surface area (Å²) in [7, 11) is 3.90. The predicted molar refractivity (Wildman–Crippen MR) is 71.3 cm³/mol. The molecule has 17 heavy (non-hydrogen) atoms. The van der Waals surface area contributed by atoms with Gasteiger partial charge in [0.1, 0.15) is 0 Å². The Morgan fingerprint density at radius 3 is 2.24 bits per heavy atom. The number of nitrogens with one attached hydrogen (secondary N) is 2. The summed E-state index contributed by atoms with van der Waals surface area (Å²) in [5.74, 6) is 0.208. The minimum Gasteiger partial charge on any atom is -0.305 e. The summed E-state index contributed by atoms with van der Waals surface area (Å²) in [6.45, 7) is 1.89. The lowest BCUT2D eigenvalue weighted by molar-refractivity contribution is 0.0988. The zero-order valence-corrected chi connectivity index (χ0v) is 10.9. The molecule has 0 heterocycles. The highest BCUT2D eigenvalue weighted by Gasteiger charge is 2.04. The number of aryl methyl sites for hydroxylation is 1. The first-order valence-corrected chi connectivity index (χ1v) is 6.18. The van der Waals surface area contributed by atoms with E-state index in [1.807, 2.05) is 45.3 Å². The Morgan fingerprint density at radius 1 is 1.18 bits per heavy atom. The standard InChI is InChI=1S/C14H22N2O/c1-4-13(17)12-8-5-11(6-9-12)7-10-14(15-2)16-3/h5-6,8-9,14-16H,4,7,10H2,1-3H3. The van der Waals surface area contributed by atoms with Crippen molar-refractivity contribution in [2.45, 2.75) is 32.4 Å². The second-order valence-electron chi connectivity index (χ2n) is 4.14. The summed E-state index contributed by atoms with van der Waals surface area (Å²) in [6.07, 6.45) is 2.95. The largest absolute Gasteiger partial charge is 0.305 e. The fraction of sp³-hybridized carbons (Fsp3) is 0.500. The first-order valence-electron chi connectivity index (χ1n) is 6.18. The van der Waals surface area contributed by atoms with Gasteiger partial charge in [0.15, 0.2) is 5.78 Å². The zero-order chi connectivity index (χ0) is 12.7. The van der Waals surface area contributed by atoms with Crippen LogP contribution >= 0.6 is 0 Å². The maximum absolute atomic E-state index is 11.5. The molecule has 3 nitrogen and oxygen atoms in total. The molecule has 0 aliphatic rings. The summed E-state index contributed by atoms with van der Waals surface area (Å²) in [5.41, 5.74) is 2.09. The Labute approximate surface area is 104 Å². The molecule has 0 aliphatic carbocycles. The van der Waals surface area contributed by atoms with Crippen molar-refractivity contribution in [1.82, 2.24) is 10.6 Å². The van der Waals surface area contributed by atoms with Crippen LogP contribution in [-0.4, -0.2) is 26.0 Å². The van der Waals surface area contributed by atoms with E-state index in [0.717, 1.165) is 18.4 Å². The summed E-state index contributed by atoms with van der Waals surface area (Å²) in [4.78, 5) is 11.5. The Kier molecular flexibility index (Phi) is 5.87. The molecule has 0 aliphatic heterocycles. The fourth-order valence-electron chi connectivity index (χ4n) is 1.81. The van der Waals surface area contributed by atoms with Crippen LogP contribution in [0.25, 0.3) is 0 Å². The molecule has 3 heteroatoms. The maximum Gasteiger partial charge on any atom is 0.162 e. The number of ketones is 1. The third-order valence-electron chi connectivity index (χ3n) is 3.02. The van der Waals surface area contributed by atoms with Crippen LogP contribution in [0.1, 0.15) is 35.7 Å². The Hall–Kier alpha value is -1.19. The van der Waals surface area contributed by atoms with Gasteiger partial charge in [-0.1, -0.05) is 31.2 Å². The van der Waals surface area contributed by atoms with E-state index in [2.05, 4.69) is 10.6 Å². The number of hydrogen-bond donors (Lipinski definition) is 2. The van der Waals surface area contributed by atoms with E-state index in [1.165, 1.54) is 5.56 Å². The van der Waals surface area contributed by atoms with Gasteiger partial charge in [0.05, 0.1) is 6.17 Å². The molecule has 0 bridgehead atoms. The van der Waals surface area contributed by atoms with Gasteiger partial charge in [-0.05, 0) is 32.5 Å². The van der Waals surface area contributed by atoms with E-state index in [0.29, 0.717) is 12.6 Å². The highest BCUT2D eigenvalue weighted by atomic mass is 16.1. The van der Waals surface area contributed by atoms with Crippen molar-refractivity contribution >= 4 is 5.78 Å². The second-order valence-corrected chi connectivity index (χ2v) is 4.14. The molecule has 0 saturated heterocycles. The van der Waals surface area contributed by atoms with Crippen molar-refractivity contribution in [2.24, 2.45) is 0 Å². The van der Waals surface area contributed by atoms with Crippen molar-refractivity contribution in [3.8, 4) is 0 Å². The minimum atomic E-state index is 0.208. The number of benzene rings is 1. The van der Waals surface area contributed by atoms with Gasteiger partial charge in [-0.3, -0.25) is 4.79 Å². The van der Waals surface area contributed by atoms with E-state index in [4.69, 9.17) is 0 Å². The highest BCUT2D eigenvalue weighted by molar-refractivity contribution is 5.95. The van der Waals surface area contributed by atoms with Crippen LogP contribution in [0.3, 0.4) is 0 Å². The van der Waals surface area contributed by atoms with Crippen LogP contribution in [-0.2, 0) is 6.42 Å². The van der Waals surface area contributed by atoms with Gasteiger partial charge in [0.25, 0.3) is 0 Å². The fourth-order valence-corrected chi connectivity index (χ4v) is 1.81. The number of carbonyl (C=O) groups is 1. The molecule has 0 aromatic heterocycles. The average molecular weight is 234 g/mol. The molecule has 0 spiro atoms. The van der Waals surface area contributed by atoms with Gasteiger partial charge < -0.3 is 10.6 Å².